The molecule has 22 heavy (non-hydrogen) atoms. The molecule has 1 fully saturated rings. The van der Waals surface area contributed by atoms with E-state index in [9.17, 15) is 8.42 Å². The molecule has 0 aromatic carbocycles. The summed E-state index contributed by atoms with van der Waals surface area (Å²) in [6.45, 7) is 3.47. The van der Waals surface area contributed by atoms with Crippen molar-refractivity contribution in [1.82, 2.24) is 4.98 Å². The van der Waals surface area contributed by atoms with E-state index in [1.165, 1.54) is 0 Å². The predicted octanol–water partition coefficient (Wildman–Crippen LogP) is 2.10. The van der Waals surface area contributed by atoms with Crippen molar-refractivity contribution >= 4 is 26.3 Å². The van der Waals surface area contributed by atoms with Crippen LogP contribution < -0.4 is 0 Å². The van der Waals surface area contributed by atoms with E-state index in [2.05, 4.69) is 20.9 Å². The summed E-state index contributed by atoms with van der Waals surface area (Å²) in [5, 5.41) is 0. The molecule has 4 atom stereocenters. The van der Waals surface area contributed by atoms with Crippen molar-refractivity contribution in [1.29, 1.82) is 0 Å². The first-order valence-electron chi connectivity index (χ1n) is 6.68. The first-order valence-corrected chi connectivity index (χ1v) is 8.84. The molecule has 0 unspecified atom stereocenters. The highest BCUT2D eigenvalue weighted by Gasteiger charge is 2.53. The molecule has 1 saturated heterocycles. The third kappa shape index (κ3) is 3.15. The first-order chi connectivity index (χ1) is 10.2. The van der Waals surface area contributed by atoms with Crippen molar-refractivity contribution in [3.05, 3.63) is 34.6 Å². The molecular formula is C13H16BrNO6S. The maximum Gasteiger partial charge on any atom is 0.397 e. The molecule has 1 aromatic heterocycles. The Labute approximate surface area is 136 Å². The van der Waals surface area contributed by atoms with Gasteiger partial charge in [0, 0.05) is 22.3 Å². The summed E-state index contributed by atoms with van der Waals surface area (Å²) in [7, 11) is -4.64. The highest BCUT2D eigenvalue weighted by atomic mass is 79.9. The molecular weight excluding hydrogens is 378 g/mol. The number of fused-ring (bicyclic) bond motifs is 1. The highest BCUT2D eigenvalue weighted by Crippen LogP contribution is 2.45. The predicted molar refractivity (Wildman–Crippen MR) is 80.8 cm³/mol. The molecule has 7 nitrogen and oxygen atoms in total. The van der Waals surface area contributed by atoms with Crippen LogP contribution in [0.5, 0.6) is 0 Å². The molecule has 3 rings (SSSR count). The average Bonchev–Trinajstić information content (AvgIpc) is 2.98. The van der Waals surface area contributed by atoms with Gasteiger partial charge in [-0.1, -0.05) is 22.0 Å². The maximum absolute atomic E-state index is 11.2. The van der Waals surface area contributed by atoms with Gasteiger partial charge in [0.1, 0.15) is 18.3 Å². The van der Waals surface area contributed by atoms with Gasteiger partial charge in [0.05, 0.1) is 0 Å². The minimum absolute atomic E-state index is 0.440. The number of H-pyrrole nitrogens is 1. The van der Waals surface area contributed by atoms with E-state index in [1.807, 2.05) is 6.07 Å². The summed E-state index contributed by atoms with van der Waals surface area (Å²) in [6.07, 6.45) is 1.41. The third-order valence-corrected chi connectivity index (χ3v) is 4.81. The van der Waals surface area contributed by atoms with Gasteiger partial charge in [-0.15, -0.1) is 0 Å². The van der Waals surface area contributed by atoms with Gasteiger partial charge in [-0.3, -0.25) is 4.55 Å². The van der Waals surface area contributed by atoms with Gasteiger partial charge in [-0.2, -0.15) is 8.42 Å². The van der Waals surface area contributed by atoms with Crippen molar-refractivity contribution < 1.29 is 26.6 Å². The lowest BCUT2D eigenvalue weighted by atomic mass is 9.86. The van der Waals surface area contributed by atoms with Gasteiger partial charge in [0.2, 0.25) is 0 Å². The molecule has 1 aromatic rings. The lowest BCUT2D eigenvalue weighted by Gasteiger charge is -2.34. The van der Waals surface area contributed by atoms with Crippen LogP contribution >= 0.6 is 15.9 Å². The van der Waals surface area contributed by atoms with Gasteiger partial charge in [0.15, 0.2) is 5.79 Å². The lowest BCUT2D eigenvalue weighted by Crippen LogP contribution is -2.45. The zero-order valence-corrected chi connectivity index (χ0v) is 14.3. The number of aromatic nitrogens is 1. The minimum Gasteiger partial charge on any atom is -0.364 e. The summed E-state index contributed by atoms with van der Waals surface area (Å²) in [5.41, 5.74) is 0.748. The van der Waals surface area contributed by atoms with Gasteiger partial charge >= 0.3 is 10.4 Å². The second-order valence-corrected chi connectivity index (χ2v) is 7.68. The smallest absolute Gasteiger partial charge is 0.364 e. The molecule has 9 heteroatoms. The van der Waals surface area contributed by atoms with Crippen LogP contribution in [0, 0.1) is 0 Å². The van der Waals surface area contributed by atoms with Crippen molar-refractivity contribution in [2.45, 2.75) is 43.9 Å². The molecule has 0 saturated carbocycles. The molecule has 0 bridgehead atoms. The standard InChI is InChI=1S/C13H16BrNO6S/c1-13(2)19-11-8(14)6-7(9-4-3-5-15-9)10(12(11)20-13)21-22(16,17)18/h3-7,10-12,15H,1-2H3,(H,16,17,18)/t7-,10-,11-,12+/m1/s1. The summed E-state index contributed by atoms with van der Waals surface area (Å²) in [5.74, 6) is -1.32. The van der Waals surface area contributed by atoms with E-state index in [0.29, 0.717) is 0 Å². The van der Waals surface area contributed by atoms with Crippen LogP contribution in [-0.4, -0.2) is 42.1 Å². The molecule has 1 aliphatic heterocycles. The lowest BCUT2D eigenvalue weighted by molar-refractivity contribution is -0.151. The zero-order chi connectivity index (χ0) is 16.1. The second kappa shape index (κ2) is 5.43. The van der Waals surface area contributed by atoms with Crippen LogP contribution in [-0.2, 0) is 24.1 Å². The summed E-state index contributed by atoms with van der Waals surface area (Å²) in [6, 6.07) is 3.60. The van der Waals surface area contributed by atoms with E-state index in [-0.39, 0.29) is 0 Å². The van der Waals surface area contributed by atoms with Crippen molar-refractivity contribution in [2.75, 3.05) is 0 Å². The van der Waals surface area contributed by atoms with E-state index in [0.717, 1.165) is 10.2 Å². The molecule has 0 spiro atoms. The number of aromatic amines is 1. The topological polar surface area (TPSA) is 97.9 Å². The van der Waals surface area contributed by atoms with Gasteiger partial charge < -0.3 is 14.5 Å². The quantitative estimate of drug-likeness (QED) is 0.763. The number of rotatable bonds is 3. The normalized spacial score (nSPS) is 34.3. The number of halogens is 1. The Morgan fingerprint density at radius 1 is 1.41 bits per heavy atom. The first kappa shape index (κ1) is 16.2. The Bertz CT molecular complexity index is 683. The number of nitrogens with one attached hydrogen (secondary N) is 1. The molecule has 1 aliphatic carbocycles. The Morgan fingerprint density at radius 2 is 2.14 bits per heavy atom. The van der Waals surface area contributed by atoms with E-state index >= 15 is 0 Å². The fourth-order valence-electron chi connectivity index (χ4n) is 2.88. The van der Waals surface area contributed by atoms with Crippen LogP contribution in [0.15, 0.2) is 28.9 Å². The maximum atomic E-state index is 11.2. The molecule has 0 radical (unpaired) electrons. The summed E-state index contributed by atoms with van der Waals surface area (Å²) < 4.78 is 48.8. The van der Waals surface area contributed by atoms with Gasteiger partial charge in [-0.25, -0.2) is 4.18 Å². The Balaban J connectivity index is 2.02. The van der Waals surface area contributed by atoms with Gasteiger partial charge in [0.25, 0.3) is 0 Å². The minimum atomic E-state index is -4.64. The van der Waals surface area contributed by atoms with Gasteiger partial charge in [-0.05, 0) is 26.0 Å². The van der Waals surface area contributed by atoms with Crippen LogP contribution in [0.2, 0.25) is 0 Å². The molecule has 2 aliphatic rings. The van der Waals surface area contributed by atoms with Crippen LogP contribution in [0.3, 0.4) is 0 Å². The number of hydrogen-bond donors (Lipinski definition) is 2. The van der Waals surface area contributed by atoms with Crippen molar-refractivity contribution in [3.63, 3.8) is 0 Å². The number of ether oxygens (including phenoxy) is 2. The number of hydrogen-bond acceptors (Lipinski definition) is 5. The molecule has 2 N–H and O–H groups in total. The van der Waals surface area contributed by atoms with Crippen LogP contribution in [0.1, 0.15) is 25.5 Å². The molecule has 122 valence electrons. The Kier molecular flexibility index (Phi) is 3.99. The Hall–Kier alpha value is -0.710. The summed E-state index contributed by atoms with van der Waals surface area (Å²) >= 11 is 3.45. The van der Waals surface area contributed by atoms with E-state index in [1.54, 1.807) is 32.2 Å². The average molecular weight is 394 g/mol. The largest absolute Gasteiger partial charge is 0.397 e. The van der Waals surface area contributed by atoms with E-state index < -0.39 is 40.4 Å². The fourth-order valence-corrected chi connectivity index (χ4v) is 4.03. The third-order valence-electron chi connectivity index (χ3n) is 3.63. The monoisotopic (exact) mass is 393 g/mol. The fraction of sp³-hybridized carbons (Fsp3) is 0.538. The molecule has 0 amide bonds. The molecule has 2 heterocycles. The van der Waals surface area contributed by atoms with Crippen LogP contribution in [0.4, 0.5) is 0 Å². The van der Waals surface area contributed by atoms with Crippen molar-refractivity contribution in [2.24, 2.45) is 0 Å². The second-order valence-electron chi connectivity index (χ2n) is 5.71. The Morgan fingerprint density at radius 3 is 2.73 bits per heavy atom. The zero-order valence-electron chi connectivity index (χ0n) is 11.9. The van der Waals surface area contributed by atoms with E-state index in [4.69, 9.17) is 18.2 Å². The van der Waals surface area contributed by atoms with Crippen LogP contribution in [0.25, 0.3) is 0 Å². The summed E-state index contributed by atoms with van der Waals surface area (Å²) in [4.78, 5) is 3.03. The highest BCUT2D eigenvalue weighted by molar-refractivity contribution is 9.11. The van der Waals surface area contributed by atoms with Crippen molar-refractivity contribution in [3.8, 4) is 0 Å². The SMILES string of the molecule is CC1(C)O[C@H]2[C@H](OS(=O)(=O)O)[C@@H](c3ccc[nH]3)C=C(Br)[C@H]2O1.